The Morgan fingerprint density at radius 1 is 1.20 bits per heavy atom. The van der Waals surface area contributed by atoms with Crippen LogP contribution in [0.4, 0.5) is 0 Å². The summed E-state index contributed by atoms with van der Waals surface area (Å²) in [4.78, 5) is 0. The van der Waals surface area contributed by atoms with Crippen LogP contribution in [0, 0.1) is 23.7 Å². The van der Waals surface area contributed by atoms with E-state index in [1.54, 1.807) is 0 Å². The second-order valence-corrected chi connectivity index (χ2v) is 8.36. The zero-order valence-corrected chi connectivity index (χ0v) is 16.5. The average Bonchev–Trinajstić information content (AvgIpc) is 3.08. The van der Waals surface area contributed by atoms with Crippen LogP contribution in [0.3, 0.4) is 0 Å². The molecule has 1 saturated heterocycles. The molecule has 144 valence electrons. The summed E-state index contributed by atoms with van der Waals surface area (Å²) in [5.74, 6) is 2.39. The molecular weight excluding hydrogens is 312 g/mol. The first-order chi connectivity index (χ1) is 12.0. The molecule has 3 heteroatoms. The van der Waals surface area contributed by atoms with Crippen molar-refractivity contribution in [2.24, 2.45) is 23.7 Å². The van der Waals surface area contributed by atoms with Gasteiger partial charge < -0.3 is 14.6 Å². The maximum atomic E-state index is 11.0. The fourth-order valence-electron chi connectivity index (χ4n) is 4.54. The van der Waals surface area contributed by atoms with Gasteiger partial charge in [0, 0.05) is 0 Å². The van der Waals surface area contributed by atoms with Crippen molar-refractivity contribution in [1.29, 1.82) is 0 Å². The van der Waals surface area contributed by atoms with E-state index in [1.807, 2.05) is 6.08 Å². The maximum absolute atomic E-state index is 11.0. The van der Waals surface area contributed by atoms with Crippen LogP contribution >= 0.6 is 0 Å². The summed E-state index contributed by atoms with van der Waals surface area (Å²) in [6.07, 6.45) is 11.2. The number of rotatable bonds is 9. The predicted molar refractivity (Wildman–Crippen MR) is 103 cm³/mol. The molecule has 2 aliphatic rings. The first-order valence-electron chi connectivity index (χ1n) is 10.2. The molecular formula is C22H38O3. The van der Waals surface area contributed by atoms with Crippen LogP contribution in [0.15, 0.2) is 24.3 Å². The standard InChI is InChI=1S/C22H38O3/c1-5-7-18(8-6-9-22-24-12-13-25-22)15-21(23)20-14-17(4)10-11-19(20)16(2)3/h5,15-17,19-23H,1,6-14H2,2-4H3/b18-15+/t17-,19+,20-,21-/m1/s1. The van der Waals surface area contributed by atoms with Gasteiger partial charge in [-0.05, 0) is 62.2 Å². The molecule has 1 saturated carbocycles. The largest absolute Gasteiger partial charge is 0.389 e. The van der Waals surface area contributed by atoms with Gasteiger partial charge in [-0.25, -0.2) is 0 Å². The van der Waals surface area contributed by atoms with Crippen molar-refractivity contribution in [2.45, 2.75) is 78.1 Å². The minimum Gasteiger partial charge on any atom is -0.389 e. The van der Waals surface area contributed by atoms with E-state index in [0.29, 0.717) is 17.8 Å². The Balaban J connectivity index is 1.94. The Morgan fingerprint density at radius 2 is 1.92 bits per heavy atom. The number of ether oxygens (including phenoxy) is 2. The molecule has 0 spiro atoms. The van der Waals surface area contributed by atoms with Crippen LogP contribution in [0.1, 0.15) is 65.7 Å². The fraction of sp³-hybridized carbons (Fsp3) is 0.818. The molecule has 1 N–H and O–H groups in total. The van der Waals surface area contributed by atoms with Crippen molar-refractivity contribution in [1.82, 2.24) is 0 Å². The van der Waals surface area contributed by atoms with Crippen molar-refractivity contribution in [3.8, 4) is 0 Å². The Hall–Kier alpha value is -0.640. The molecule has 1 heterocycles. The maximum Gasteiger partial charge on any atom is 0.157 e. The van der Waals surface area contributed by atoms with E-state index in [2.05, 4.69) is 33.4 Å². The third-order valence-electron chi connectivity index (χ3n) is 5.95. The summed E-state index contributed by atoms with van der Waals surface area (Å²) >= 11 is 0. The highest BCUT2D eigenvalue weighted by molar-refractivity contribution is 5.10. The summed E-state index contributed by atoms with van der Waals surface area (Å²) in [5.41, 5.74) is 1.31. The molecule has 0 aromatic rings. The van der Waals surface area contributed by atoms with Crippen LogP contribution < -0.4 is 0 Å². The molecule has 2 rings (SSSR count). The fourth-order valence-corrected chi connectivity index (χ4v) is 4.54. The van der Waals surface area contributed by atoms with Crippen LogP contribution in [-0.4, -0.2) is 30.7 Å². The van der Waals surface area contributed by atoms with Gasteiger partial charge in [0.05, 0.1) is 19.3 Å². The van der Waals surface area contributed by atoms with Gasteiger partial charge in [0.15, 0.2) is 6.29 Å². The molecule has 0 amide bonds. The predicted octanol–water partition coefficient (Wildman–Crippen LogP) is 5.10. The lowest BCUT2D eigenvalue weighted by atomic mass is 9.68. The third kappa shape index (κ3) is 6.54. The van der Waals surface area contributed by atoms with Crippen molar-refractivity contribution >= 4 is 0 Å². The second kappa shape index (κ2) is 10.5. The summed E-state index contributed by atoms with van der Waals surface area (Å²) in [5, 5.41) is 11.0. The zero-order chi connectivity index (χ0) is 18.2. The summed E-state index contributed by atoms with van der Waals surface area (Å²) < 4.78 is 11.0. The molecule has 25 heavy (non-hydrogen) atoms. The lowest BCUT2D eigenvalue weighted by Gasteiger charge is -2.39. The average molecular weight is 351 g/mol. The lowest BCUT2D eigenvalue weighted by molar-refractivity contribution is -0.0476. The van der Waals surface area contributed by atoms with E-state index in [1.165, 1.54) is 18.4 Å². The van der Waals surface area contributed by atoms with Gasteiger partial charge in [0.25, 0.3) is 0 Å². The van der Waals surface area contributed by atoms with E-state index in [0.717, 1.165) is 51.2 Å². The van der Waals surface area contributed by atoms with Gasteiger partial charge >= 0.3 is 0 Å². The van der Waals surface area contributed by atoms with E-state index >= 15 is 0 Å². The Bertz CT molecular complexity index is 423. The number of allylic oxidation sites excluding steroid dienone is 2. The third-order valence-corrected chi connectivity index (χ3v) is 5.95. The molecule has 1 aliphatic heterocycles. The second-order valence-electron chi connectivity index (χ2n) is 8.36. The van der Waals surface area contributed by atoms with Crippen LogP contribution in [0.2, 0.25) is 0 Å². The zero-order valence-electron chi connectivity index (χ0n) is 16.5. The van der Waals surface area contributed by atoms with Gasteiger partial charge in [-0.2, -0.15) is 0 Å². The molecule has 0 unspecified atom stereocenters. The minimum absolute atomic E-state index is 0.0283. The van der Waals surface area contributed by atoms with Crippen molar-refractivity contribution < 1.29 is 14.6 Å². The molecule has 0 aromatic heterocycles. The van der Waals surface area contributed by atoms with E-state index in [9.17, 15) is 5.11 Å². The SMILES string of the molecule is C=CC/C(=C\[C@@H](O)[C@@H]1C[C@H](C)CC[C@H]1C(C)C)CCCC1OCCO1. The summed E-state index contributed by atoms with van der Waals surface area (Å²) in [7, 11) is 0. The Labute approximate surface area is 154 Å². The molecule has 0 radical (unpaired) electrons. The summed E-state index contributed by atoms with van der Waals surface area (Å²) in [6.45, 7) is 12.3. The van der Waals surface area contributed by atoms with Gasteiger partial charge in [-0.15, -0.1) is 6.58 Å². The Morgan fingerprint density at radius 3 is 2.56 bits per heavy atom. The van der Waals surface area contributed by atoms with E-state index in [-0.39, 0.29) is 12.4 Å². The van der Waals surface area contributed by atoms with Gasteiger partial charge in [-0.1, -0.05) is 44.9 Å². The smallest absolute Gasteiger partial charge is 0.157 e. The molecule has 0 aromatic carbocycles. The quantitative estimate of drug-likeness (QED) is 0.588. The lowest BCUT2D eigenvalue weighted by Crippen LogP contribution is -2.35. The van der Waals surface area contributed by atoms with Gasteiger partial charge in [0.2, 0.25) is 0 Å². The van der Waals surface area contributed by atoms with E-state index < -0.39 is 0 Å². The van der Waals surface area contributed by atoms with Crippen molar-refractivity contribution in [2.75, 3.05) is 13.2 Å². The molecule has 1 aliphatic carbocycles. The molecule has 0 bridgehead atoms. The number of aliphatic hydroxyl groups is 1. The number of aliphatic hydroxyl groups excluding tert-OH is 1. The van der Waals surface area contributed by atoms with Crippen molar-refractivity contribution in [3.63, 3.8) is 0 Å². The molecule has 3 nitrogen and oxygen atoms in total. The first kappa shape index (κ1) is 20.7. The highest BCUT2D eigenvalue weighted by Crippen LogP contribution is 2.40. The first-order valence-corrected chi connectivity index (χ1v) is 10.2. The monoisotopic (exact) mass is 350 g/mol. The highest BCUT2D eigenvalue weighted by atomic mass is 16.7. The van der Waals surface area contributed by atoms with Crippen molar-refractivity contribution in [3.05, 3.63) is 24.3 Å². The van der Waals surface area contributed by atoms with Gasteiger partial charge in [0.1, 0.15) is 0 Å². The molecule has 2 fully saturated rings. The minimum atomic E-state index is -0.330. The van der Waals surface area contributed by atoms with Crippen LogP contribution in [0.5, 0.6) is 0 Å². The topological polar surface area (TPSA) is 38.7 Å². The van der Waals surface area contributed by atoms with Gasteiger partial charge in [-0.3, -0.25) is 0 Å². The van der Waals surface area contributed by atoms with Crippen LogP contribution in [-0.2, 0) is 9.47 Å². The Kier molecular flexibility index (Phi) is 8.68. The summed E-state index contributed by atoms with van der Waals surface area (Å²) in [6, 6.07) is 0. The molecule has 4 atom stereocenters. The van der Waals surface area contributed by atoms with Crippen LogP contribution in [0.25, 0.3) is 0 Å². The highest BCUT2D eigenvalue weighted by Gasteiger charge is 2.34. The van der Waals surface area contributed by atoms with E-state index in [4.69, 9.17) is 9.47 Å². The number of hydrogen-bond donors (Lipinski definition) is 1. The normalized spacial score (nSPS) is 30.0. The number of hydrogen-bond acceptors (Lipinski definition) is 3.